The van der Waals surface area contributed by atoms with E-state index in [-0.39, 0.29) is 30.6 Å². The molecular weight excluding hydrogens is 286 g/mol. The van der Waals surface area contributed by atoms with Gasteiger partial charge in [-0.2, -0.15) is 0 Å². The predicted octanol–water partition coefficient (Wildman–Crippen LogP) is 3.35. The molecule has 1 saturated heterocycles. The first kappa shape index (κ1) is 18.5. The number of nitrogens with zero attached hydrogens (tertiary/aromatic N) is 3. The molecule has 3 unspecified atom stereocenters. The van der Waals surface area contributed by atoms with Crippen LogP contribution < -0.4 is 0 Å². The minimum Gasteiger partial charge on any atom is -0.469 e. The van der Waals surface area contributed by atoms with E-state index in [1.165, 1.54) is 7.11 Å². The largest absolute Gasteiger partial charge is 0.469 e. The molecule has 7 heteroatoms. The van der Waals surface area contributed by atoms with Crippen LogP contribution in [0, 0.1) is 5.92 Å². The summed E-state index contributed by atoms with van der Waals surface area (Å²) in [5, 5.41) is 3.55. The molecule has 0 aliphatic carbocycles. The van der Waals surface area contributed by atoms with Crippen LogP contribution in [-0.2, 0) is 19.0 Å². The highest BCUT2D eigenvalue weighted by Gasteiger charge is 2.39. The van der Waals surface area contributed by atoms with Crippen LogP contribution in [0.25, 0.3) is 10.4 Å². The number of ether oxygens (including phenoxy) is 3. The van der Waals surface area contributed by atoms with E-state index < -0.39 is 5.79 Å². The molecule has 3 atom stereocenters. The lowest BCUT2D eigenvalue weighted by atomic mass is 9.99. The lowest BCUT2D eigenvalue weighted by Crippen LogP contribution is -2.24. The molecule has 1 fully saturated rings. The number of methoxy groups -OCH3 is 1. The van der Waals surface area contributed by atoms with Gasteiger partial charge < -0.3 is 14.2 Å². The Morgan fingerprint density at radius 1 is 1.50 bits per heavy atom. The van der Waals surface area contributed by atoms with E-state index >= 15 is 0 Å². The van der Waals surface area contributed by atoms with E-state index in [9.17, 15) is 4.79 Å². The molecule has 7 nitrogen and oxygen atoms in total. The van der Waals surface area contributed by atoms with Gasteiger partial charge in [-0.15, -0.1) is 0 Å². The number of carbonyl (C=O) groups is 1. The van der Waals surface area contributed by atoms with Gasteiger partial charge in [0.15, 0.2) is 5.79 Å². The van der Waals surface area contributed by atoms with Crippen molar-refractivity contribution in [3.05, 3.63) is 22.6 Å². The summed E-state index contributed by atoms with van der Waals surface area (Å²) < 4.78 is 16.3. The maximum absolute atomic E-state index is 11.7. The standard InChI is InChI=1S/C15H25N3O4/c1-5-7-11(14(19)20-4)8-6-9-12-13(10-17-18-16)22-15(2,3)21-12/h6,9,11-13H,5,7-8,10H2,1-4H3/b9-6+. The molecule has 0 spiro atoms. The van der Waals surface area contributed by atoms with Crippen molar-refractivity contribution in [1.29, 1.82) is 0 Å². The zero-order chi connectivity index (χ0) is 16.6. The average Bonchev–Trinajstić information content (AvgIpc) is 2.77. The smallest absolute Gasteiger partial charge is 0.308 e. The Balaban J connectivity index is 2.65. The average molecular weight is 311 g/mol. The van der Waals surface area contributed by atoms with Gasteiger partial charge in [-0.05, 0) is 32.2 Å². The van der Waals surface area contributed by atoms with Crippen molar-refractivity contribution in [2.75, 3.05) is 13.7 Å². The van der Waals surface area contributed by atoms with Crippen molar-refractivity contribution < 1.29 is 19.0 Å². The number of rotatable bonds is 8. The molecule has 1 rings (SSSR count). The maximum atomic E-state index is 11.7. The molecule has 124 valence electrons. The maximum Gasteiger partial charge on any atom is 0.308 e. The SMILES string of the molecule is CCCC(C/C=C/C1OC(C)(C)OC1CN=[N+]=[N-])C(=O)OC. The molecule has 0 radical (unpaired) electrons. The van der Waals surface area contributed by atoms with Crippen molar-refractivity contribution in [1.82, 2.24) is 0 Å². The van der Waals surface area contributed by atoms with E-state index in [1.54, 1.807) is 0 Å². The van der Waals surface area contributed by atoms with E-state index in [0.29, 0.717) is 6.42 Å². The van der Waals surface area contributed by atoms with Gasteiger partial charge in [-0.1, -0.05) is 30.6 Å². The summed E-state index contributed by atoms with van der Waals surface area (Å²) >= 11 is 0. The molecule has 1 heterocycles. The molecule has 0 N–H and O–H groups in total. The summed E-state index contributed by atoms with van der Waals surface area (Å²) in [5.74, 6) is -1.05. The first-order valence-electron chi connectivity index (χ1n) is 7.54. The monoisotopic (exact) mass is 311 g/mol. The number of allylic oxidation sites excluding steroid dienone is 1. The van der Waals surface area contributed by atoms with Crippen LogP contribution in [0.3, 0.4) is 0 Å². The zero-order valence-corrected chi connectivity index (χ0v) is 13.7. The predicted molar refractivity (Wildman–Crippen MR) is 82.0 cm³/mol. The highest BCUT2D eigenvalue weighted by atomic mass is 16.7. The molecule has 0 amide bonds. The Kier molecular flexibility index (Phi) is 7.38. The number of esters is 1. The van der Waals surface area contributed by atoms with Crippen LogP contribution in [0.1, 0.15) is 40.0 Å². The van der Waals surface area contributed by atoms with Crippen molar-refractivity contribution in [3.63, 3.8) is 0 Å². The lowest BCUT2D eigenvalue weighted by Gasteiger charge is -2.16. The molecule has 0 aromatic rings. The van der Waals surface area contributed by atoms with Gasteiger partial charge in [0.2, 0.25) is 0 Å². The van der Waals surface area contributed by atoms with Gasteiger partial charge in [0.05, 0.1) is 25.7 Å². The third-order valence-electron chi connectivity index (χ3n) is 3.46. The van der Waals surface area contributed by atoms with Gasteiger partial charge in [-0.3, -0.25) is 4.79 Å². The first-order valence-corrected chi connectivity index (χ1v) is 7.54. The van der Waals surface area contributed by atoms with Crippen molar-refractivity contribution in [3.8, 4) is 0 Å². The second kappa shape index (κ2) is 8.78. The Hall–Kier alpha value is -1.56. The fraction of sp³-hybridized carbons (Fsp3) is 0.800. The third-order valence-corrected chi connectivity index (χ3v) is 3.46. The molecule has 1 aliphatic heterocycles. The summed E-state index contributed by atoms with van der Waals surface area (Å²) in [6.07, 6.45) is 5.48. The number of hydrogen-bond acceptors (Lipinski definition) is 5. The minimum absolute atomic E-state index is 0.142. The zero-order valence-electron chi connectivity index (χ0n) is 13.7. The van der Waals surface area contributed by atoms with E-state index in [0.717, 1.165) is 12.8 Å². The quantitative estimate of drug-likeness (QED) is 0.226. The van der Waals surface area contributed by atoms with Crippen LogP contribution in [0.15, 0.2) is 17.3 Å². The topological polar surface area (TPSA) is 93.5 Å². The summed E-state index contributed by atoms with van der Waals surface area (Å²) in [5.41, 5.74) is 8.43. The fourth-order valence-corrected chi connectivity index (χ4v) is 2.51. The molecular formula is C15H25N3O4. The molecule has 22 heavy (non-hydrogen) atoms. The van der Waals surface area contributed by atoms with Crippen LogP contribution in [0.4, 0.5) is 0 Å². The summed E-state index contributed by atoms with van der Waals surface area (Å²) in [7, 11) is 1.40. The van der Waals surface area contributed by atoms with Crippen LogP contribution in [-0.4, -0.2) is 37.6 Å². The van der Waals surface area contributed by atoms with Gasteiger partial charge in [-0.25, -0.2) is 0 Å². The molecule has 0 saturated carbocycles. The first-order chi connectivity index (χ1) is 10.4. The normalized spacial score (nSPS) is 24.9. The Labute approximate surface area is 131 Å². The van der Waals surface area contributed by atoms with Crippen LogP contribution >= 0.6 is 0 Å². The van der Waals surface area contributed by atoms with Gasteiger partial charge in [0.25, 0.3) is 0 Å². The minimum atomic E-state index is -0.712. The molecule has 0 aromatic carbocycles. The highest BCUT2D eigenvalue weighted by Crippen LogP contribution is 2.29. The summed E-state index contributed by atoms with van der Waals surface area (Å²) in [4.78, 5) is 14.4. The fourth-order valence-electron chi connectivity index (χ4n) is 2.51. The van der Waals surface area contributed by atoms with Crippen LogP contribution in [0.5, 0.6) is 0 Å². The Morgan fingerprint density at radius 2 is 2.23 bits per heavy atom. The summed E-state index contributed by atoms with van der Waals surface area (Å²) in [6, 6.07) is 0. The summed E-state index contributed by atoms with van der Waals surface area (Å²) in [6.45, 7) is 5.88. The van der Waals surface area contributed by atoms with Crippen molar-refractivity contribution >= 4 is 5.97 Å². The Morgan fingerprint density at radius 3 is 2.82 bits per heavy atom. The molecule has 1 aliphatic rings. The van der Waals surface area contributed by atoms with E-state index in [4.69, 9.17) is 19.7 Å². The van der Waals surface area contributed by atoms with Crippen molar-refractivity contribution in [2.24, 2.45) is 11.0 Å². The number of carbonyl (C=O) groups excluding carboxylic acids is 1. The Bertz CT molecular complexity index is 444. The second-order valence-electron chi connectivity index (χ2n) is 5.72. The third kappa shape index (κ3) is 5.67. The van der Waals surface area contributed by atoms with Gasteiger partial charge in [0.1, 0.15) is 6.10 Å². The van der Waals surface area contributed by atoms with Crippen LogP contribution in [0.2, 0.25) is 0 Å². The van der Waals surface area contributed by atoms with Gasteiger partial charge in [0, 0.05) is 4.91 Å². The lowest BCUT2D eigenvalue weighted by molar-refractivity contribution is -0.145. The molecule has 0 aromatic heterocycles. The highest BCUT2D eigenvalue weighted by molar-refractivity contribution is 5.72. The molecule has 0 bridgehead atoms. The van der Waals surface area contributed by atoms with Crippen molar-refractivity contribution in [2.45, 2.75) is 58.0 Å². The van der Waals surface area contributed by atoms with Gasteiger partial charge >= 0.3 is 5.97 Å². The van der Waals surface area contributed by atoms with E-state index in [2.05, 4.69) is 10.0 Å². The number of hydrogen-bond donors (Lipinski definition) is 0. The second-order valence-corrected chi connectivity index (χ2v) is 5.72. The number of azide groups is 1. The van der Waals surface area contributed by atoms with E-state index in [1.807, 2.05) is 32.9 Å².